The molecule has 5 nitrogen and oxygen atoms in total. The number of benzene rings is 1. The zero-order chi connectivity index (χ0) is 15.2. The van der Waals surface area contributed by atoms with Crippen molar-refractivity contribution >= 4 is 5.91 Å². The number of nitrogens with one attached hydrogen (secondary N) is 2. The second kappa shape index (κ2) is 7.61. The first-order valence-corrected chi connectivity index (χ1v) is 8.17. The Balaban J connectivity index is 1.49. The summed E-state index contributed by atoms with van der Waals surface area (Å²) in [6.45, 7) is 3.11. The first-order chi connectivity index (χ1) is 10.8. The number of carbonyl (C=O) groups excluding carboxylic acids is 1. The highest BCUT2D eigenvalue weighted by Crippen LogP contribution is 2.17. The fraction of sp³-hybridized carbons (Fsp3) is 0.588. The van der Waals surface area contributed by atoms with E-state index < -0.39 is 0 Å². The molecule has 1 amide bonds. The smallest absolute Gasteiger partial charge is 0.251 e. The Morgan fingerprint density at radius 3 is 3.09 bits per heavy atom. The lowest BCUT2D eigenvalue weighted by atomic mass is 10.2. The normalized spacial score (nSPS) is 24.4. The molecule has 1 aromatic rings. The average Bonchev–Trinajstić information content (AvgIpc) is 3.24. The molecule has 2 saturated heterocycles. The summed E-state index contributed by atoms with van der Waals surface area (Å²) in [7, 11) is 0. The van der Waals surface area contributed by atoms with Crippen LogP contribution in [0.25, 0.3) is 0 Å². The lowest BCUT2D eigenvalue weighted by Gasteiger charge is -2.13. The molecule has 1 aromatic carbocycles. The van der Waals surface area contributed by atoms with Gasteiger partial charge in [-0.05, 0) is 50.4 Å². The predicted octanol–water partition coefficient (Wildman–Crippen LogP) is 1.73. The predicted molar refractivity (Wildman–Crippen MR) is 84.3 cm³/mol. The molecular weight excluding hydrogens is 280 g/mol. The van der Waals surface area contributed by atoms with Gasteiger partial charge in [-0.1, -0.05) is 6.07 Å². The quantitative estimate of drug-likeness (QED) is 0.840. The highest BCUT2D eigenvalue weighted by atomic mass is 16.5. The second-order valence-electron chi connectivity index (χ2n) is 5.98. The standard InChI is InChI=1S/C17H24N2O3/c20-17(19-11-14-5-2-8-18-14)13-4-1-6-15(10-13)22-12-16-7-3-9-21-16/h1,4,6,10,14,16,18H,2-3,5,7-9,11-12H2,(H,19,20). The van der Waals surface area contributed by atoms with Crippen LogP contribution in [0.5, 0.6) is 5.75 Å². The Morgan fingerprint density at radius 1 is 1.36 bits per heavy atom. The Kier molecular flexibility index (Phi) is 5.29. The summed E-state index contributed by atoms with van der Waals surface area (Å²) in [5.74, 6) is 0.679. The molecule has 2 unspecified atom stereocenters. The number of amides is 1. The Bertz CT molecular complexity index is 494. The molecule has 2 atom stereocenters. The summed E-state index contributed by atoms with van der Waals surface area (Å²) < 4.78 is 11.3. The molecule has 0 aliphatic carbocycles. The number of rotatable bonds is 6. The maximum absolute atomic E-state index is 12.2. The minimum absolute atomic E-state index is 0.0451. The van der Waals surface area contributed by atoms with Gasteiger partial charge in [0, 0.05) is 24.8 Å². The van der Waals surface area contributed by atoms with Gasteiger partial charge in [0.05, 0.1) is 6.10 Å². The van der Waals surface area contributed by atoms with Crippen molar-refractivity contribution in [1.29, 1.82) is 0 Å². The molecule has 2 heterocycles. The summed E-state index contributed by atoms with van der Waals surface area (Å²) in [6.07, 6.45) is 4.66. The van der Waals surface area contributed by atoms with Crippen LogP contribution in [0.15, 0.2) is 24.3 Å². The van der Waals surface area contributed by atoms with Gasteiger partial charge in [0.25, 0.3) is 5.91 Å². The molecule has 0 saturated carbocycles. The third-order valence-corrected chi connectivity index (χ3v) is 4.23. The van der Waals surface area contributed by atoms with Crippen LogP contribution < -0.4 is 15.4 Å². The molecule has 2 aliphatic heterocycles. The van der Waals surface area contributed by atoms with E-state index in [0.29, 0.717) is 24.8 Å². The van der Waals surface area contributed by atoms with Gasteiger partial charge in [0.2, 0.25) is 0 Å². The van der Waals surface area contributed by atoms with E-state index in [2.05, 4.69) is 10.6 Å². The van der Waals surface area contributed by atoms with Crippen molar-refractivity contribution in [1.82, 2.24) is 10.6 Å². The van der Waals surface area contributed by atoms with Crippen LogP contribution in [-0.2, 0) is 4.74 Å². The molecule has 0 radical (unpaired) electrons. The van der Waals surface area contributed by atoms with Gasteiger partial charge >= 0.3 is 0 Å². The fourth-order valence-electron chi connectivity index (χ4n) is 2.94. The molecule has 22 heavy (non-hydrogen) atoms. The molecular formula is C17H24N2O3. The van der Waals surface area contributed by atoms with Crippen LogP contribution in [-0.4, -0.2) is 44.4 Å². The lowest BCUT2D eigenvalue weighted by molar-refractivity contribution is 0.0679. The SMILES string of the molecule is O=C(NCC1CCCN1)c1cccc(OCC2CCCO2)c1. The molecule has 5 heteroatoms. The van der Waals surface area contributed by atoms with Crippen LogP contribution >= 0.6 is 0 Å². The van der Waals surface area contributed by atoms with E-state index in [1.54, 1.807) is 6.07 Å². The first kappa shape index (κ1) is 15.3. The largest absolute Gasteiger partial charge is 0.491 e. The van der Waals surface area contributed by atoms with Gasteiger partial charge in [0.1, 0.15) is 12.4 Å². The molecule has 0 spiro atoms. The minimum Gasteiger partial charge on any atom is -0.491 e. The van der Waals surface area contributed by atoms with Crippen LogP contribution in [0.3, 0.4) is 0 Å². The molecule has 2 aliphatic rings. The van der Waals surface area contributed by atoms with Crippen LogP contribution in [0.2, 0.25) is 0 Å². The monoisotopic (exact) mass is 304 g/mol. The highest BCUT2D eigenvalue weighted by molar-refractivity contribution is 5.94. The minimum atomic E-state index is -0.0451. The van der Waals surface area contributed by atoms with E-state index in [1.165, 1.54) is 6.42 Å². The summed E-state index contributed by atoms with van der Waals surface area (Å²) in [4.78, 5) is 12.2. The van der Waals surface area contributed by atoms with Crippen molar-refractivity contribution in [3.8, 4) is 5.75 Å². The topological polar surface area (TPSA) is 59.6 Å². The van der Waals surface area contributed by atoms with Crippen molar-refractivity contribution in [3.63, 3.8) is 0 Å². The number of ether oxygens (including phenoxy) is 2. The third kappa shape index (κ3) is 4.21. The second-order valence-corrected chi connectivity index (χ2v) is 5.98. The van der Waals surface area contributed by atoms with Crippen LogP contribution in [0, 0.1) is 0 Å². The maximum Gasteiger partial charge on any atom is 0.251 e. The van der Waals surface area contributed by atoms with E-state index in [0.717, 1.165) is 38.2 Å². The van der Waals surface area contributed by atoms with Crippen molar-refractivity contribution in [2.24, 2.45) is 0 Å². The number of carbonyl (C=O) groups is 1. The molecule has 2 fully saturated rings. The Labute approximate surface area is 131 Å². The van der Waals surface area contributed by atoms with Crippen LogP contribution in [0.4, 0.5) is 0 Å². The third-order valence-electron chi connectivity index (χ3n) is 4.23. The van der Waals surface area contributed by atoms with Gasteiger partial charge in [-0.2, -0.15) is 0 Å². The van der Waals surface area contributed by atoms with Crippen molar-refractivity contribution in [2.75, 3.05) is 26.3 Å². The Hall–Kier alpha value is -1.59. The lowest BCUT2D eigenvalue weighted by Crippen LogP contribution is -2.37. The summed E-state index contributed by atoms with van der Waals surface area (Å²) in [5.41, 5.74) is 0.642. The van der Waals surface area contributed by atoms with Crippen LogP contribution in [0.1, 0.15) is 36.0 Å². The molecule has 120 valence electrons. The molecule has 0 bridgehead atoms. The zero-order valence-electron chi connectivity index (χ0n) is 12.8. The van der Waals surface area contributed by atoms with Gasteiger partial charge in [-0.25, -0.2) is 0 Å². The first-order valence-electron chi connectivity index (χ1n) is 8.17. The van der Waals surface area contributed by atoms with Crippen molar-refractivity contribution in [2.45, 2.75) is 37.8 Å². The fourth-order valence-corrected chi connectivity index (χ4v) is 2.94. The van der Waals surface area contributed by atoms with Crippen molar-refractivity contribution < 1.29 is 14.3 Å². The number of hydrogen-bond acceptors (Lipinski definition) is 4. The average molecular weight is 304 g/mol. The summed E-state index contributed by atoms with van der Waals surface area (Å²) in [6, 6.07) is 7.75. The Morgan fingerprint density at radius 2 is 2.32 bits per heavy atom. The van der Waals surface area contributed by atoms with E-state index in [-0.39, 0.29) is 12.0 Å². The summed E-state index contributed by atoms with van der Waals surface area (Å²) in [5, 5.41) is 6.36. The van der Waals surface area contributed by atoms with Gasteiger partial charge in [-0.3, -0.25) is 4.79 Å². The van der Waals surface area contributed by atoms with E-state index in [1.807, 2.05) is 18.2 Å². The van der Waals surface area contributed by atoms with E-state index >= 15 is 0 Å². The molecule has 3 rings (SSSR count). The van der Waals surface area contributed by atoms with Gasteiger partial charge in [-0.15, -0.1) is 0 Å². The maximum atomic E-state index is 12.2. The van der Waals surface area contributed by atoms with Gasteiger partial charge < -0.3 is 20.1 Å². The van der Waals surface area contributed by atoms with E-state index in [4.69, 9.17) is 9.47 Å². The molecule has 2 N–H and O–H groups in total. The number of hydrogen-bond donors (Lipinski definition) is 2. The van der Waals surface area contributed by atoms with E-state index in [9.17, 15) is 4.79 Å². The van der Waals surface area contributed by atoms with Crippen molar-refractivity contribution in [3.05, 3.63) is 29.8 Å². The molecule has 0 aromatic heterocycles. The zero-order valence-corrected chi connectivity index (χ0v) is 12.8. The highest BCUT2D eigenvalue weighted by Gasteiger charge is 2.17. The van der Waals surface area contributed by atoms with Gasteiger partial charge in [0.15, 0.2) is 0 Å². The summed E-state index contributed by atoms with van der Waals surface area (Å²) >= 11 is 0.